The van der Waals surface area contributed by atoms with Crippen molar-refractivity contribution in [3.63, 3.8) is 0 Å². The first-order valence-corrected chi connectivity index (χ1v) is 6.80. The molecule has 19 heavy (non-hydrogen) atoms. The summed E-state index contributed by atoms with van der Waals surface area (Å²) >= 11 is 0. The third-order valence-electron chi connectivity index (χ3n) is 3.73. The zero-order chi connectivity index (χ0) is 13.7. The summed E-state index contributed by atoms with van der Waals surface area (Å²) in [5.74, 6) is 1.92. The van der Waals surface area contributed by atoms with Gasteiger partial charge in [-0.25, -0.2) is 0 Å². The Kier molecular flexibility index (Phi) is 2.50. The fraction of sp³-hybridized carbons (Fsp3) is 0.333. The van der Waals surface area contributed by atoms with Crippen LogP contribution in [0.15, 0.2) is 28.7 Å². The molecule has 3 rings (SSSR count). The van der Waals surface area contributed by atoms with Crippen molar-refractivity contribution in [2.75, 3.05) is 0 Å². The highest BCUT2D eigenvalue weighted by Crippen LogP contribution is 2.36. The van der Waals surface area contributed by atoms with E-state index in [1.807, 2.05) is 0 Å². The normalized spacial score (nSPS) is 21.7. The van der Waals surface area contributed by atoms with E-state index in [2.05, 4.69) is 76.3 Å². The molecule has 0 spiro atoms. The van der Waals surface area contributed by atoms with Gasteiger partial charge in [0.15, 0.2) is 0 Å². The lowest BCUT2D eigenvalue weighted by molar-refractivity contribution is 0.543. The number of furan rings is 1. The lowest BCUT2D eigenvalue weighted by Gasteiger charge is -2.12. The van der Waals surface area contributed by atoms with Gasteiger partial charge >= 0.3 is 0 Å². The Morgan fingerprint density at radius 2 is 1.00 bits per heavy atom. The van der Waals surface area contributed by atoms with Crippen LogP contribution in [-0.4, -0.2) is 0 Å². The number of hydrogen-bond donors (Lipinski definition) is 0. The van der Waals surface area contributed by atoms with Gasteiger partial charge in [-0.05, 0) is 12.2 Å². The zero-order valence-corrected chi connectivity index (χ0v) is 12.0. The molecule has 0 aliphatic heterocycles. The van der Waals surface area contributed by atoms with Crippen LogP contribution in [0.3, 0.4) is 0 Å². The third-order valence-corrected chi connectivity index (χ3v) is 3.73. The van der Waals surface area contributed by atoms with Crippen molar-refractivity contribution in [3.05, 3.63) is 47.0 Å². The van der Waals surface area contributed by atoms with E-state index in [0.717, 1.165) is 11.5 Å². The molecule has 0 unspecified atom stereocenters. The quantitative estimate of drug-likeness (QED) is 0.601. The molecule has 0 bridgehead atoms. The van der Waals surface area contributed by atoms with Crippen LogP contribution < -0.4 is 0 Å². The molecule has 0 radical (unpaired) electrons. The van der Waals surface area contributed by atoms with Gasteiger partial charge in [-0.15, -0.1) is 0 Å². The largest absolute Gasteiger partial charge is 0.456 e. The summed E-state index contributed by atoms with van der Waals surface area (Å²) in [6.45, 7) is 8.79. The van der Waals surface area contributed by atoms with Crippen LogP contribution in [0, 0.1) is 10.8 Å². The molecule has 0 fully saturated rings. The molecule has 1 nitrogen and oxygen atoms in total. The van der Waals surface area contributed by atoms with E-state index in [0.29, 0.717) is 0 Å². The minimum absolute atomic E-state index is 0.0813. The molecule has 0 saturated carbocycles. The van der Waals surface area contributed by atoms with Crippen LogP contribution in [0.5, 0.6) is 0 Å². The van der Waals surface area contributed by atoms with Gasteiger partial charge in [-0.2, -0.15) is 0 Å². The van der Waals surface area contributed by atoms with Crippen molar-refractivity contribution in [1.29, 1.82) is 0 Å². The van der Waals surface area contributed by atoms with Crippen molar-refractivity contribution in [2.24, 2.45) is 10.8 Å². The summed E-state index contributed by atoms with van der Waals surface area (Å²) < 4.78 is 6.00. The topological polar surface area (TPSA) is 13.1 Å². The van der Waals surface area contributed by atoms with Gasteiger partial charge in [0.25, 0.3) is 0 Å². The SMILES string of the molecule is CC1(C)C=Cc2oc3c(c2C=C1)C=CC(C)(C)C=C3. The van der Waals surface area contributed by atoms with E-state index in [4.69, 9.17) is 4.42 Å². The van der Waals surface area contributed by atoms with E-state index in [9.17, 15) is 0 Å². The fourth-order valence-corrected chi connectivity index (χ4v) is 2.37. The summed E-state index contributed by atoms with van der Waals surface area (Å²) in [4.78, 5) is 0. The summed E-state index contributed by atoms with van der Waals surface area (Å²) in [6.07, 6.45) is 17.4. The van der Waals surface area contributed by atoms with Gasteiger partial charge in [0, 0.05) is 22.0 Å². The first-order chi connectivity index (χ1) is 8.86. The first-order valence-electron chi connectivity index (χ1n) is 6.80. The van der Waals surface area contributed by atoms with Crippen molar-refractivity contribution < 1.29 is 4.42 Å². The minimum atomic E-state index is 0.0813. The van der Waals surface area contributed by atoms with E-state index < -0.39 is 0 Å². The Morgan fingerprint density at radius 1 is 0.632 bits per heavy atom. The second-order valence-corrected chi connectivity index (χ2v) is 6.63. The molecule has 1 aromatic heterocycles. The van der Waals surface area contributed by atoms with Crippen LogP contribution >= 0.6 is 0 Å². The average molecular weight is 252 g/mol. The summed E-state index contributed by atoms with van der Waals surface area (Å²) in [5, 5.41) is 0. The zero-order valence-electron chi connectivity index (χ0n) is 12.0. The fourth-order valence-electron chi connectivity index (χ4n) is 2.37. The van der Waals surface area contributed by atoms with Crippen molar-refractivity contribution in [1.82, 2.24) is 0 Å². The van der Waals surface area contributed by atoms with Gasteiger partial charge in [0.05, 0.1) is 0 Å². The highest BCUT2D eigenvalue weighted by Gasteiger charge is 2.21. The van der Waals surface area contributed by atoms with Gasteiger partial charge in [-0.1, -0.05) is 64.2 Å². The molecular weight excluding hydrogens is 232 g/mol. The lowest BCUT2D eigenvalue weighted by Crippen LogP contribution is -2.00. The summed E-state index contributed by atoms with van der Waals surface area (Å²) in [6, 6.07) is 0. The minimum Gasteiger partial charge on any atom is -0.456 e. The lowest BCUT2D eigenvalue weighted by atomic mass is 9.92. The van der Waals surface area contributed by atoms with Gasteiger partial charge in [-0.3, -0.25) is 0 Å². The maximum Gasteiger partial charge on any atom is 0.135 e. The summed E-state index contributed by atoms with van der Waals surface area (Å²) in [7, 11) is 0. The highest BCUT2D eigenvalue weighted by atomic mass is 16.3. The van der Waals surface area contributed by atoms with E-state index in [-0.39, 0.29) is 10.8 Å². The molecule has 0 aromatic carbocycles. The molecule has 1 heteroatoms. The molecule has 0 N–H and O–H groups in total. The Labute approximate surface area is 115 Å². The molecule has 98 valence electrons. The molecular formula is C18H20O. The number of allylic oxidation sites excluding steroid dienone is 4. The van der Waals surface area contributed by atoms with Crippen LogP contribution in [0.1, 0.15) is 50.3 Å². The first kappa shape index (κ1) is 12.3. The number of rotatable bonds is 0. The van der Waals surface area contributed by atoms with Crippen molar-refractivity contribution in [2.45, 2.75) is 27.7 Å². The smallest absolute Gasteiger partial charge is 0.135 e. The molecule has 0 saturated heterocycles. The van der Waals surface area contributed by atoms with Gasteiger partial charge < -0.3 is 4.42 Å². The van der Waals surface area contributed by atoms with Crippen molar-refractivity contribution in [3.8, 4) is 0 Å². The van der Waals surface area contributed by atoms with Gasteiger partial charge in [0.2, 0.25) is 0 Å². The molecule has 0 amide bonds. The highest BCUT2D eigenvalue weighted by molar-refractivity contribution is 5.79. The molecule has 0 atom stereocenters. The average Bonchev–Trinajstić information content (AvgIpc) is 2.49. The Hall–Kier alpha value is -1.76. The van der Waals surface area contributed by atoms with E-state index in [1.54, 1.807) is 0 Å². The van der Waals surface area contributed by atoms with Crippen LogP contribution in [-0.2, 0) is 0 Å². The summed E-state index contributed by atoms with van der Waals surface area (Å²) in [5.41, 5.74) is 2.54. The van der Waals surface area contributed by atoms with Crippen LogP contribution in [0.2, 0.25) is 0 Å². The predicted octanol–water partition coefficient (Wildman–Crippen LogP) is 5.41. The maximum absolute atomic E-state index is 6.00. The second kappa shape index (κ2) is 3.86. The number of hydrogen-bond acceptors (Lipinski definition) is 1. The Balaban J connectivity index is 2.15. The predicted molar refractivity (Wildman–Crippen MR) is 82.4 cm³/mol. The molecule has 1 heterocycles. The third kappa shape index (κ3) is 2.25. The van der Waals surface area contributed by atoms with E-state index >= 15 is 0 Å². The maximum atomic E-state index is 6.00. The molecule has 2 aliphatic rings. The monoisotopic (exact) mass is 252 g/mol. The molecule has 1 aromatic rings. The molecule has 2 aliphatic carbocycles. The van der Waals surface area contributed by atoms with Crippen LogP contribution in [0.25, 0.3) is 24.3 Å². The Bertz CT molecular complexity index is 576. The van der Waals surface area contributed by atoms with Gasteiger partial charge in [0.1, 0.15) is 11.5 Å². The Morgan fingerprint density at radius 3 is 1.42 bits per heavy atom. The van der Waals surface area contributed by atoms with Crippen molar-refractivity contribution >= 4 is 24.3 Å². The number of fused-ring (bicyclic) bond motifs is 3. The standard InChI is InChI=1S/C18H20O/c1-17(2)9-5-13-14-6-10-18(3,4)12-8-16(14)19-15(13)7-11-17/h5-12H,1-4H3. The van der Waals surface area contributed by atoms with E-state index in [1.165, 1.54) is 11.1 Å². The second-order valence-electron chi connectivity index (χ2n) is 6.63. The van der Waals surface area contributed by atoms with Crippen LogP contribution in [0.4, 0.5) is 0 Å².